The summed E-state index contributed by atoms with van der Waals surface area (Å²) < 4.78 is 0. The minimum Gasteiger partial charge on any atom is -0.341 e. The molecule has 0 saturated heterocycles. The molecular formula is C19H23N5O3. The Balaban J connectivity index is 2.00. The van der Waals surface area contributed by atoms with Gasteiger partial charge in [-0.3, -0.25) is 4.79 Å². The first kappa shape index (κ1) is 19.8. The Kier molecular flexibility index (Phi) is 6.76. The van der Waals surface area contributed by atoms with Gasteiger partial charge in [0.2, 0.25) is 0 Å². The topological polar surface area (TPSA) is 111 Å². The standard InChI is InChI=1S/C19H23N5O3/c1-12(2)21-19(27)24-16-6-4-5-13(11-16)17(25)22-14-7-9-15(10-8-14)23-18(26)20-3/h4-12H,1-3H3,(H,22,25)(H2,20,23,26)(H2,21,24,27). The molecule has 2 aromatic rings. The summed E-state index contributed by atoms with van der Waals surface area (Å²) in [5, 5.41) is 13.3. The predicted octanol–water partition coefficient (Wildman–Crippen LogP) is 3.22. The number of amides is 5. The summed E-state index contributed by atoms with van der Waals surface area (Å²) in [6.07, 6.45) is 0. The highest BCUT2D eigenvalue weighted by atomic mass is 16.2. The fourth-order valence-electron chi connectivity index (χ4n) is 2.20. The van der Waals surface area contributed by atoms with Crippen molar-refractivity contribution in [1.82, 2.24) is 10.6 Å². The molecule has 0 radical (unpaired) electrons. The lowest BCUT2D eigenvalue weighted by Crippen LogP contribution is -2.34. The van der Waals surface area contributed by atoms with E-state index in [0.29, 0.717) is 22.6 Å². The smallest absolute Gasteiger partial charge is 0.319 e. The maximum absolute atomic E-state index is 12.4. The summed E-state index contributed by atoms with van der Waals surface area (Å²) in [5.41, 5.74) is 2.11. The Hall–Kier alpha value is -3.55. The average molecular weight is 369 g/mol. The number of rotatable bonds is 5. The second-order valence-corrected chi connectivity index (χ2v) is 6.07. The maximum atomic E-state index is 12.4. The van der Waals surface area contributed by atoms with Crippen LogP contribution in [0.5, 0.6) is 0 Å². The van der Waals surface area contributed by atoms with Crippen molar-refractivity contribution in [2.75, 3.05) is 23.0 Å². The van der Waals surface area contributed by atoms with Crippen molar-refractivity contribution in [2.24, 2.45) is 0 Å². The molecule has 0 spiro atoms. The fraction of sp³-hybridized carbons (Fsp3) is 0.211. The molecule has 0 fully saturated rings. The van der Waals surface area contributed by atoms with Crippen LogP contribution in [0.3, 0.4) is 0 Å². The van der Waals surface area contributed by atoms with E-state index in [2.05, 4.69) is 26.6 Å². The van der Waals surface area contributed by atoms with Gasteiger partial charge in [-0.25, -0.2) is 9.59 Å². The molecule has 27 heavy (non-hydrogen) atoms. The van der Waals surface area contributed by atoms with Crippen molar-refractivity contribution in [1.29, 1.82) is 0 Å². The SMILES string of the molecule is CNC(=O)Nc1ccc(NC(=O)c2cccc(NC(=O)NC(C)C)c2)cc1. The normalized spacial score (nSPS) is 10.1. The number of hydrogen-bond acceptors (Lipinski definition) is 3. The van der Waals surface area contributed by atoms with Crippen molar-refractivity contribution >= 4 is 35.0 Å². The lowest BCUT2D eigenvalue weighted by molar-refractivity contribution is 0.102. The van der Waals surface area contributed by atoms with E-state index in [1.165, 1.54) is 7.05 Å². The van der Waals surface area contributed by atoms with Crippen molar-refractivity contribution in [3.8, 4) is 0 Å². The van der Waals surface area contributed by atoms with Crippen LogP contribution < -0.4 is 26.6 Å². The van der Waals surface area contributed by atoms with E-state index in [4.69, 9.17) is 0 Å². The zero-order valence-corrected chi connectivity index (χ0v) is 15.4. The van der Waals surface area contributed by atoms with Crippen LogP contribution in [0.1, 0.15) is 24.2 Å². The lowest BCUT2D eigenvalue weighted by Gasteiger charge is -2.11. The van der Waals surface area contributed by atoms with E-state index in [1.807, 2.05) is 13.8 Å². The van der Waals surface area contributed by atoms with E-state index >= 15 is 0 Å². The Morgan fingerprint density at radius 3 is 1.96 bits per heavy atom. The third-order valence-corrected chi connectivity index (χ3v) is 3.43. The zero-order chi connectivity index (χ0) is 19.8. The van der Waals surface area contributed by atoms with Gasteiger partial charge in [0, 0.05) is 35.7 Å². The van der Waals surface area contributed by atoms with Crippen LogP contribution in [0.15, 0.2) is 48.5 Å². The quantitative estimate of drug-likeness (QED) is 0.558. The second-order valence-electron chi connectivity index (χ2n) is 6.07. The third-order valence-electron chi connectivity index (χ3n) is 3.43. The molecule has 0 aromatic heterocycles. The molecule has 2 rings (SSSR count). The molecular weight excluding hydrogens is 346 g/mol. The van der Waals surface area contributed by atoms with Crippen LogP contribution in [0.25, 0.3) is 0 Å². The Bertz CT molecular complexity index is 818. The van der Waals surface area contributed by atoms with Gasteiger partial charge in [0.15, 0.2) is 0 Å². The molecule has 0 heterocycles. The van der Waals surface area contributed by atoms with Gasteiger partial charge < -0.3 is 26.6 Å². The fourth-order valence-corrected chi connectivity index (χ4v) is 2.20. The number of hydrogen-bond donors (Lipinski definition) is 5. The number of nitrogens with one attached hydrogen (secondary N) is 5. The van der Waals surface area contributed by atoms with Gasteiger partial charge in [-0.1, -0.05) is 6.07 Å². The van der Waals surface area contributed by atoms with Crippen molar-refractivity contribution in [2.45, 2.75) is 19.9 Å². The first-order valence-electron chi connectivity index (χ1n) is 8.45. The molecule has 0 aliphatic rings. The molecule has 0 bridgehead atoms. The molecule has 0 atom stereocenters. The molecule has 0 aliphatic heterocycles. The van der Waals surface area contributed by atoms with Gasteiger partial charge in [-0.05, 0) is 56.3 Å². The van der Waals surface area contributed by atoms with E-state index in [1.54, 1.807) is 48.5 Å². The Morgan fingerprint density at radius 1 is 0.778 bits per heavy atom. The lowest BCUT2D eigenvalue weighted by atomic mass is 10.2. The highest BCUT2D eigenvalue weighted by Gasteiger charge is 2.09. The molecule has 8 heteroatoms. The minimum atomic E-state index is -0.332. The Morgan fingerprint density at radius 2 is 1.37 bits per heavy atom. The summed E-state index contributed by atoms with van der Waals surface area (Å²) in [6.45, 7) is 3.72. The third kappa shape index (κ3) is 6.35. The van der Waals surface area contributed by atoms with Crippen LogP contribution in [0.4, 0.5) is 26.7 Å². The van der Waals surface area contributed by atoms with Crippen LogP contribution in [-0.4, -0.2) is 31.1 Å². The number of anilines is 3. The van der Waals surface area contributed by atoms with Crippen LogP contribution in [0, 0.1) is 0 Å². The minimum absolute atomic E-state index is 0.0114. The summed E-state index contributed by atoms with van der Waals surface area (Å²) in [5.74, 6) is -0.310. The monoisotopic (exact) mass is 369 g/mol. The molecule has 0 aliphatic carbocycles. The first-order valence-corrected chi connectivity index (χ1v) is 8.45. The Labute approximate surface area is 157 Å². The maximum Gasteiger partial charge on any atom is 0.319 e. The second kappa shape index (κ2) is 9.23. The molecule has 5 N–H and O–H groups in total. The van der Waals surface area contributed by atoms with Crippen molar-refractivity contribution in [3.63, 3.8) is 0 Å². The van der Waals surface area contributed by atoms with Gasteiger partial charge in [0.1, 0.15) is 0 Å². The number of benzene rings is 2. The largest absolute Gasteiger partial charge is 0.341 e. The number of urea groups is 2. The molecule has 8 nitrogen and oxygen atoms in total. The zero-order valence-electron chi connectivity index (χ0n) is 15.4. The number of carbonyl (C=O) groups is 3. The van der Waals surface area contributed by atoms with Crippen LogP contribution in [0.2, 0.25) is 0 Å². The molecule has 142 valence electrons. The molecule has 0 saturated carbocycles. The van der Waals surface area contributed by atoms with E-state index in [9.17, 15) is 14.4 Å². The predicted molar refractivity (Wildman–Crippen MR) is 106 cm³/mol. The summed E-state index contributed by atoms with van der Waals surface area (Å²) in [7, 11) is 1.53. The average Bonchev–Trinajstić information content (AvgIpc) is 2.62. The van der Waals surface area contributed by atoms with Gasteiger partial charge in [0.25, 0.3) is 5.91 Å². The van der Waals surface area contributed by atoms with Crippen LogP contribution >= 0.6 is 0 Å². The highest BCUT2D eigenvalue weighted by Crippen LogP contribution is 2.16. The van der Waals surface area contributed by atoms with E-state index < -0.39 is 0 Å². The summed E-state index contributed by atoms with van der Waals surface area (Å²) in [6, 6.07) is 12.7. The molecule has 2 aromatic carbocycles. The molecule has 0 unspecified atom stereocenters. The molecule has 5 amide bonds. The summed E-state index contributed by atoms with van der Waals surface area (Å²) >= 11 is 0. The summed E-state index contributed by atoms with van der Waals surface area (Å²) in [4.78, 5) is 35.5. The highest BCUT2D eigenvalue weighted by molar-refractivity contribution is 6.05. The van der Waals surface area contributed by atoms with Gasteiger partial charge >= 0.3 is 12.1 Å². The van der Waals surface area contributed by atoms with Crippen molar-refractivity contribution in [3.05, 3.63) is 54.1 Å². The van der Waals surface area contributed by atoms with Gasteiger partial charge in [-0.2, -0.15) is 0 Å². The number of carbonyl (C=O) groups excluding carboxylic acids is 3. The van der Waals surface area contributed by atoms with Crippen molar-refractivity contribution < 1.29 is 14.4 Å². The van der Waals surface area contributed by atoms with Crippen LogP contribution in [-0.2, 0) is 0 Å². The first-order chi connectivity index (χ1) is 12.9. The van der Waals surface area contributed by atoms with E-state index in [0.717, 1.165) is 0 Å². The van der Waals surface area contributed by atoms with Gasteiger partial charge in [-0.15, -0.1) is 0 Å². The van der Waals surface area contributed by atoms with Gasteiger partial charge in [0.05, 0.1) is 0 Å². The van der Waals surface area contributed by atoms with E-state index in [-0.39, 0.29) is 24.0 Å².